The fourth-order valence-electron chi connectivity index (χ4n) is 4.84. The summed E-state index contributed by atoms with van der Waals surface area (Å²) in [7, 11) is 0. The van der Waals surface area contributed by atoms with Gasteiger partial charge in [-0.05, 0) is 61.2 Å². The Labute approximate surface area is 205 Å². The second-order valence-electron chi connectivity index (χ2n) is 9.22. The summed E-state index contributed by atoms with van der Waals surface area (Å²) in [6, 6.07) is 8.16. The van der Waals surface area contributed by atoms with E-state index in [4.69, 9.17) is 14.5 Å². The maximum absolute atomic E-state index is 10.3. The first kappa shape index (κ1) is 23.5. The van der Waals surface area contributed by atoms with E-state index in [2.05, 4.69) is 39.1 Å². The van der Waals surface area contributed by atoms with Crippen molar-refractivity contribution in [1.29, 1.82) is 0 Å². The molecule has 1 saturated heterocycles. The van der Waals surface area contributed by atoms with Gasteiger partial charge in [0.1, 0.15) is 11.4 Å². The van der Waals surface area contributed by atoms with Crippen LogP contribution < -0.4 is 4.74 Å². The van der Waals surface area contributed by atoms with Gasteiger partial charge in [-0.3, -0.25) is 10.00 Å². The van der Waals surface area contributed by atoms with Crippen molar-refractivity contribution in [2.45, 2.75) is 32.8 Å². The van der Waals surface area contributed by atoms with Crippen LogP contribution in [0.5, 0.6) is 5.75 Å². The monoisotopic (exact) mass is 475 g/mol. The molecule has 1 aliphatic heterocycles. The van der Waals surface area contributed by atoms with Crippen molar-refractivity contribution >= 4 is 11.0 Å². The second kappa shape index (κ2) is 10.6. The highest BCUT2D eigenvalue weighted by molar-refractivity contribution is 5.94. The smallest absolute Gasteiger partial charge is 0.138 e. The quantitative estimate of drug-likeness (QED) is 0.317. The maximum atomic E-state index is 10.3. The average molecular weight is 476 g/mol. The molecule has 0 bridgehead atoms. The van der Waals surface area contributed by atoms with Crippen molar-refractivity contribution in [3.63, 3.8) is 0 Å². The van der Waals surface area contributed by atoms with E-state index in [9.17, 15) is 5.11 Å². The molecule has 0 aliphatic carbocycles. The van der Waals surface area contributed by atoms with Crippen LogP contribution in [-0.4, -0.2) is 75.7 Å². The summed E-state index contributed by atoms with van der Waals surface area (Å²) >= 11 is 0. The zero-order valence-electron chi connectivity index (χ0n) is 20.4. The summed E-state index contributed by atoms with van der Waals surface area (Å²) in [5.74, 6) is 0.862. The minimum absolute atomic E-state index is 0.473. The lowest BCUT2D eigenvalue weighted by molar-refractivity contribution is 0.0358. The molecule has 1 unspecified atom stereocenters. The fraction of sp³-hybridized carbons (Fsp3) is 0.407. The van der Waals surface area contributed by atoms with Crippen LogP contribution in [0.15, 0.2) is 42.9 Å². The van der Waals surface area contributed by atoms with E-state index in [-0.39, 0.29) is 0 Å². The number of aliphatic hydroxyl groups is 1. The number of nitrogens with one attached hydrogen (secondary N) is 2. The number of aromatic amines is 2. The minimum atomic E-state index is -0.473. The third kappa shape index (κ3) is 5.24. The lowest BCUT2D eigenvalue weighted by Crippen LogP contribution is -2.37. The molecule has 1 aliphatic rings. The van der Waals surface area contributed by atoms with Crippen molar-refractivity contribution in [3.05, 3.63) is 54.0 Å². The summed E-state index contributed by atoms with van der Waals surface area (Å²) in [4.78, 5) is 10.6. The molecule has 3 aromatic heterocycles. The van der Waals surface area contributed by atoms with Gasteiger partial charge in [0.2, 0.25) is 0 Å². The van der Waals surface area contributed by atoms with E-state index in [1.807, 2.05) is 31.5 Å². The molecule has 0 spiro atoms. The van der Waals surface area contributed by atoms with Gasteiger partial charge in [-0.15, -0.1) is 0 Å². The third-order valence-electron chi connectivity index (χ3n) is 6.63. The molecule has 4 heterocycles. The number of ether oxygens (including phenoxy) is 2. The Balaban J connectivity index is 1.36. The van der Waals surface area contributed by atoms with E-state index in [0.717, 1.165) is 89.6 Å². The predicted octanol–water partition coefficient (Wildman–Crippen LogP) is 3.95. The van der Waals surface area contributed by atoms with Crippen molar-refractivity contribution in [3.8, 4) is 28.1 Å². The number of benzene rings is 1. The Morgan fingerprint density at radius 3 is 2.66 bits per heavy atom. The Bertz CT molecular complexity index is 1240. The number of aromatic nitrogens is 4. The Kier molecular flexibility index (Phi) is 7.13. The number of aliphatic hydroxyl groups excluding tert-OH is 1. The van der Waals surface area contributed by atoms with Gasteiger partial charge in [0.05, 0.1) is 37.8 Å². The maximum Gasteiger partial charge on any atom is 0.138 e. The zero-order valence-corrected chi connectivity index (χ0v) is 20.4. The van der Waals surface area contributed by atoms with Gasteiger partial charge >= 0.3 is 0 Å². The number of hydrogen-bond donors (Lipinski definition) is 3. The first-order valence-electron chi connectivity index (χ1n) is 12.3. The van der Waals surface area contributed by atoms with Crippen LogP contribution in [0.4, 0.5) is 0 Å². The summed E-state index contributed by atoms with van der Waals surface area (Å²) in [6.07, 6.45) is 6.61. The standard InChI is InChI=1S/C27H33N5O3/c1-18(33)14-23-25-19(2)24(21-15-29-30-16-21)17-28-27(25)31-26(23)20-4-6-22(7-5-20)35-11-3-8-32-9-12-34-13-10-32/h4-7,15-18,33H,3,8-14H2,1-2H3,(H,28,31)(H,29,30). The van der Waals surface area contributed by atoms with Gasteiger partial charge in [-0.2, -0.15) is 5.10 Å². The molecule has 184 valence electrons. The van der Waals surface area contributed by atoms with Gasteiger partial charge in [-0.1, -0.05) is 0 Å². The molecule has 8 heteroatoms. The number of nitrogens with zero attached hydrogens (tertiary/aromatic N) is 3. The highest BCUT2D eigenvalue weighted by Gasteiger charge is 2.20. The molecule has 8 nitrogen and oxygen atoms in total. The van der Waals surface area contributed by atoms with Gasteiger partial charge in [0, 0.05) is 55.0 Å². The van der Waals surface area contributed by atoms with E-state index < -0.39 is 6.10 Å². The van der Waals surface area contributed by atoms with Gasteiger partial charge in [0.15, 0.2) is 0 Å². The van der Waals surface area contributed by atoms with E-state index in [0.29, 0.717) is 13.0 Å². The van der Waals surface area contributed by atoms with Crippen LogP contribution in [0.2, 0.25) is 0 Å². The first-order chi connectivity index (χ1) is 17.1. The number of H-pyrrole nitrogens is 2. The highest BCUT2D eigenvalue weighted by atomic mass is 16.5. The second-order valence-corrected chi connectivity index (χ2v) is 9.22. The topological polar surface area (TPSA) is 99.3 Å². The third-order valence-corrected chi connectivity index (χ3v) is 6.63. The molecular weight excluding hydrogens is 442 g/mol. The first-order valence-corrected chi connectivity index (χ1v) is 12.3. The number of morpholine rings is 1. The van der Waals surface area contributed by atoms with Crippen LogP contribution in [0.3, 0.4) is 0 Å². The number of pyridine rings is 1. The Morgan fingerprint density at radius 2 is 1.94 bits per heavy atom. The summed E-state index contributed by atoms with van der Waals surface area (Å²) in [5, 5.41) is 18.3. The van der Waals surface area contributed by atoms with Crippen LogP contribution >= 0.6 is 0 Å². The molecule has 0 saturated carbocycles. The largest absolute Gasteiger partial charge is 0.494 e. The zero-order chi connectivity index (χ0) is 24.2. The molecule has 4 aromatic rings. The molecule has 35 heavy (non-hydrogen) atoms. The fourth-order valence-corrected chi connectivity index (χ4v) is 4.84. The lowest BCUT2D eigenvalue weighted by Gasteiger charge is -2.26. The highest BCUT2D eigenvalue weighted by Crippen LogP contribution is 2.36. The molecule has 1 atom stereocenters. The Morgan fingerprint density at radius 1 is 1.14 bits per heavy atom. The number of aryl methyl sites for hydroxylation is 1. The predicted molar refractivity (Wildman–Crippen MR) is 137 cm³/mol. The van der Waals surface area contributed by atoms with E-state index >= 15 is 0 Å². The minimum Gasteiger partial charge on any atom is -0.494 e. The lowest BCUT2D eigenvalue weighted by atomic mass is 9.96. The van der Waals surface area contributed by atoms with E-state index in [1.165, 1.54) is 0 Å². The van der Waals surface area contributed by atoms with Gasteiger partial charge in [0.25, 0.3) is 0 Å². The van der Waals surface area contributed by atoms with Crippen LogP contribution in [0.25, 0.3) is 33.4 Å². The van der Waals surface area contributed by atoms with Crippen molar-refractivity contribution < 1.29 is 14.6 Å². The van der Waals surface area contributed by atoms with Crippen molar-refractivity contribution in [1.82, 2.24) is 25.1 Å². The molecule has 1 aromatic carbocycles. The molecule has 1 fully saturated rings. The van der Waals surface area contributed by atoms with Gasteiger partial charge in [-0.25, -0.2) is 4.98 Å². The Hall–Kier alpha value is -3.20. The number of hydrogen-bond acceptors (Lipinski definition) is 6. The molecule has 0 amide bonds. The molecule has 0 radical (unpaired) electrons. The molecule has 3 N–H and O–H groups in total. The summed E-state index contributed by atoms with van der Waals surface area (Å²) < 4.78 is 11.4. The van der Waals surface area contributed by atoms with E-state index in [1.54, 1.807) is 6.20 Å². The molecular formula is C27H33N5O3. The average Bonchev–Trinajstić information content (AvgIpc) is 3.52. The molecule has 5 rings (SSSR count). The number of rotatable bonds is 9. The summed E-state index contributed by atoms with van der Waals surface area (Å²) in [5.41, 5.74) is 7.08. The van der Waals surface area contributed by atoms with Crippen molar-refractivity contribution in [2.24, 2.45) is 0 Å². The van der Waals surface area contributed by atoms with Crippen molar-refractivity contribution in [2.75, 3.05) is 39.5 Å². The van der Waals surface area contributed by atoms with Crippen LogP contribution in [0, 0.1) is 6.92 Å². The van der Waals surface area contributed by atoms with Crippen LogP contribution in [-0.2, 0) is 11.2 Å². The summed E-state index contributed by atoms with van der Waals surface area (Å²) in [6.45, 7) is 9.31. The SMILES string of the molecule is Cc1c(-c2cn[nH]c2)cnc2[nH]c(-c3ccc(OCCCN4CCOCC4)cc3)c(CC(C)O)c12. The number of fused-ring (bicyclic) bond motifs is 1. The van der Waals surface area contributed by atoms with Crippen LogP contribution in [0.1, 0.15) is 24.5 Å². The van der Waals surface area contributed by atoms with Gasteiger partial charge < -0.3 is 19.6 Å². The normalized spacial score (nSPS) is 15.5.